The van der Waals surface area contributed by atoms with Gasteiger partial charge in [-0.15, -0.1) is 0 Å². The maximum Gasteiger partial charge on any atom is 0.261 e. The average Bonchev–Trinajstić information content (AvgIpc) is 2.64. The lowest BCUT2D eigenvalue weighted by molar-refractivity contribution is -0.128. The van der Waals surface area contributed by atoms with E-state index >= 15 is 0 Å². The minimum Gasteiger partial charge on any atom is -0.497 e. The van der Waals surface area contributed by atoms with Crippen LogP contribution in [0.1, 0.15) is 25.3 Å². The van der Waals surface area contributed by atoms with E-state index < -0.39 is 6.10 Å². The van der Waals surface area contributed by atoms with Crippen LogP contribution >= 0.6 is 0 Å². The van der Waals surface area contributed by atoms with Crippen molar-refractivity contribution in [2.24, 2.45) is 0 Å². The number of carbonyl (C=O) groups excluding carboxylic acids is 1. The number of benzene rings is 2. The molecule has 0 bridgehead atoms. The maximum absolute atomic E-state index is 12.9. The topological polar surface area (TPSA) is 47.6 Å². The van der Waals surface area contributed by atoms with Crippen molar-refractivity contribution in [2.45, 2.75) is 32.3 Å². The molecule has 134 valence electrons. The first-order valence-corrected chi connectivity index (χ1v) is 8.45. The van der Waals surface area contributed by atoms with Crippen molar-refractivity contribution in [3.05, 3.63) is 59.9 Å². The normalized spacial score (nSPS) is 11.6. The van der Waals surface area contributed by atoms with Crippen molar-refractivity contribution in [1.29, 1.82) is 0 Å². The van der Waals surface area contributed by atoms with E-state index in [4.69, 9.17) is 9.47 Å². The number of methoxy groups -OCH3 is 1. The standard InChI is InChI=1S/C20H24FNO3/c1-3-19(25-18-8-4-7-17(14-18)24-2)20(23)22-13-5-6-15-9-11-16(21)12-10-15/h4,7-12,14,19H,3,5-6,13H2,1-2H3,(H,22,23)/t19-/m1/s1. The molecular formula is C20H24FNO3. The Balaban J connectivity index is 1.78. The molecule has 0 unspecified atom stereocenters. The van der Waals surface area contributed by atoms with Crippen molar-refractivity contribution in [2.75, 3.05) is 13.7 Å². The Morgan fingerprint density at radius 2 is 1.88 bits per heavy atom. The lowest BCUT2D eigenvalue weighted by Crippen LogP contribution is -2.38. The highest BCUT2D eigenvalue weighted by Gasteiger charge is 2.18. The molecule has 25 heavy (non-hydrogen) atoms. The number of amides is 1. The number of rotatable bonds is 9. The highest BCUT2D eigenvalue weighted by Crippen LogP contribution is 2.20. The van der Waals surface area contributed by atoms with Gasteiger partial charge < -0.3 is 14.8 Å². The van der Waals surface area contributed by atoms with Gasteiger partial charge in [0.25, 0.3) is 5.91 Å². The fourth-order valence-corrected chi connectivity index (χ4v) is 2.43. The van der Waals surface area contributed by atoms with E-state index in [1.807, 2.05) is 19.1 Å². The number of hydrogen-bond acceptors (Lipinski definition) is 3. The number of halogens is 1. The first-order valence-electron chi connectivity index (χ1n) is 8.45. The van der Waals surface area contributed by atoms with Crippen LogP contribution in [0.4, 0.5) is 4.39 Å². The van der Waals surface area contributed by atoms with Gasteiger partial charge in [0.2, 0.25) is 0 Å². The van der Waals surface area contributed by atoms with Crippen molar-refractivity contribution in [3.63, 3.8) is 0 Å². The molecule has 2 aromatic rings. The van der Waals surface area contributed by atoms with Crippen LogP contribution in [0.2, 0.25) is 0 Å². The summed E-state index contributed by atoms with van der Waals surface area (Å²) >= 11 is 0. The van der Waals surface area contributed by atoms with Gasteiger partial charge in [0.05, 0.1) is 7.11 Å². The summed E-state index contributed by atoms with van der Waals surface area (Å²) in [5.41, 5.74) is 1.05. The Kier molecular flexibility index (Phi) is 7.26. The molecule has 2 rings (SSSR count). The van der Waals surface area contributed by atoms with Gasteiger partial charge in [0, 0.05) is 12.6 Å². The van der Waals surface area contributed by atoms with Crippen LogP contribution in [0.15, 0.2) is 48.5 Å². The van der Waals surface area contributed by atoms with Crippen molar-refractivity contribution < 1.29 is 18.7 Å². The maximum atomic E-state index is 12.9. The van der Waals surface area contributed by atoms with Gasteiger partial charge in [-0.25, -0.2) is 4.39 Å². The molecular weight excluding hydrogens is 321 g/mol. The molecule has 0 saturated heterocycles. The molecule has 0 fully saturated rings. The molecule has 1 N–H and O–H groups in total. The molecule has 0 aromatic heterocycles. The number of carbonyl (C=O) groups is 1. The van der Waals surface area contributed by atoms with Gasteiger partial charge in [-0.2, -0.15) is 0 Å². The van der Waals surface area contributed by atoms with Gasteiger partial charge in [-0.3, -0.25) is 4.79 Å². The fourth-order valence-electron chi connectivity index (χ4n) is 2.43. The molecule has 2 aromatic carbocycles. The Morgan fingerprint density at radius 1 is 1.16 bits per heavy atom. The first kappa shape index (κ1) is 18.8. The third-order valence-electron chi connectivity index (χ3n) is 3.84. The van der Waals surface area contributed by atoms with E-state index in [-0.39, 0.29) is 11.7 Å². The molecule has 0 spiro atoms. The molecule has 1 amide bonds. The number of nitrogens with one attached hydrogen (secondary N) is 1. The van der Waals surface area contributed by atoms with E-state index in [0.29, 0.717) is 24.5 Å². The third-order valence-corrected chi connectivity index (χ3v) is 3.84. The van der Waals surface area contributed by atoms with Gasteiger partial charge in [0.15, 0.2) is 6.10 Å². The smallest absolute Gasteiger partial charge is 0.261 e. The second kappa shape index (κ2) is 9.67. The molecule has 0 aliphatic rings. The lowest BCUT2D eigenvalue weighted by atomic mass is 10.1. The monoisotopic (exact) mass is 345 g/mol. The molecule has 4 nitrogen and oxygen atoms in total. The Bertz CT molecular complexity index is 673. The van der Waals surface area contributed by atoms with Crippen LogP contribution in [-0.2, 0) is 11.2 Å². The van der Waals surface area contributed by atoms with Crippen LogP contribution in [0.3, 0.4) is 0 Å². The highest BCUT2D eigenvalue weighted by molar-refractivity contribution is 5.81. The van der Waals surface area contributed by atoms with E-state index in [9.17, 15) is 9.18 Å². The molecule has 0 radical (unpaired) electrons. The summed E-state index contributed by atoms with van der Waals surface area (Å²) in [5, 5.41) is 2.89. The Hall–Kier alpha value is -2.56. The zero-order valence-corrected chi connectivity index (χ0v) is 14.6. The van der Waals surface area contributed by atoms with E-state index in [1.165, 1.54) is 12.1 Å². The van der Waals surface area contributed by atoms with Crippen molar-refractivity contribution >= 4 is 5.91 Å². The quantitative estimate of drug-likeness (QED) is 0.704. The summed E-state index contributed by atoms with van der Waals surface area (Å²) in [6.45, 7) is 2.46. The SMILES string of the molecule is CC[C@@H](Oc1cccc(OC)c1)C(=O)NCCCc1ccc(F)cc1. The fraction of sp³-hybridized carbons (Fsp3) is 0.350. The van der Waals surface area contributed by atoms with Gasteiger partial charge in [-0.05, 0) is 49.1 Å². The molecule has 0 heterocycles. The third kappa shape index (κ3) is 6.10. The van der Waals surface area contributed by atoms with E-state index in [2.05, 4.69) is 5.32 Å². The van der Waals surface area contributed by atoms with Crippen LogP contribution in [0.5, 0.6) is 11.5 Å². The minimum atomic E-state index is -0.544. The second-order valence-corrected chi connectivity index (χ2v) is 5.71. The van der Waals surface area contributed by atoms with Crippen LogP contribution < -0.4 is 14.8 Å². The number of ether oxygens (including phenoxy) is 2. The Morgan fingerprint density at radius 3 is 2.56 bits per heavy atom. The summed E-state index contributed by atoms with van der Waals surface area (Å²) < 4.78 is 23.8. The van der Waals surface area contributed by atoms with E-state index in [0.717, 1.165) is 18.4 Å². The van der Waals surface area contributed by atoms with Crippen LogP contribution in [0.25, 0.3) is 0 Å². The number of aryl methyl sites for hydroxylation is 1. The largest absolute Gasteiger partial charge is 0.497 e. The zero-order valence-electron chi connectivity index (χ0n) is 14.6. The second-order valence-electron chi connectivity index (χ2n) is 5.71. The summed E-state index contributed by atoms with van der Waals surface area (Å²) in [4.78, 5) is 12.3. The van der Waals surface area contributed by atoms with Gasteiger partial charge in [-0.1, -0.05) is 25.1 Å². The lowest BCUT2D eigenvalue weighted by Gasteiger charge is -2.17. The van der Waals surface area contributed by atoms with Gasteiger partial charge in [0.1, 0.15) is 17.3 Å². The first-order chi connectivity index (χ1) is 12.1. The molecule has 5 heteroatoms. The predicted octanol–water partition coefficient (Wildman–Crippen LogP) is 3.74. The average molecular weight is 345 g/mol. The van der Waals surface area contributed by atoms with Crippen molar-refractivity contribution in [3.8, 4) is 11.5 Å². The van der Waals surface area contributed by atoms with Crippen LogP contribution in [-0.4, -0.2) is 25.7 Å². The molecule has 0 aliphatic heterocycles. The predicted molar refractivity (Wildman–Crippen MR) is 95.4 cm³/mol. The minimum absolute atomic E-state index is 0.135. The summed E-state index contributed by atoms with van der Waals surface area (Å²) in [6, 6.07) is 13.6. The Labute approximate surface area is 148 Å². The molecule has 0 saturated carbocycles. The molecule has 1 atom stereocenters. The molecule has 0 aliphatic carbocycles. The van der Waals surface area contributed by atoms with E-state index in [1.54, 1.807) is 31.4 Å². The number of hydrogen-bond donors (Lipinski definition) is 1. The zero-order chi connectivity index (χ0) is 18.1. The van der Waals surface area contributed by atoms with Crippen molar-refractivity contribution in [1.82, 2.24) is 5.32 Å². The summed E-state index contributed by atoms with van der Waals surface area (Å²) in [7, 11) is 1.59. The summed E-state index contributed by atoms with van der Waals surface area (Å²) in [5.74, 6) is 0.918. The van der Waals surface area contributed by atoms with Crippen LogP contribution in [0, 0.1) is 5.82 Å². The highest BCUT2D eigenvalue weighted by atomic mass is 19.1. The summed E-state index contributed by atoms with van der Waals surface area (Å²) in [6.07, 6.45) is 1.60. The van der Waals surface area contributed by atoms with Gasteiger partial charge >= 0.3 is 0 Å².